The highest BCUT2D eigenvalue weighted by molar-refractivity contribution is 7.99. The van der Waals surface area contributed by atoms with Gasteiger partial charge in [0.2, 0.25) is 0 Å². The number of carbonyl (C=O) groups is 1. The number of hydrogen-bond acceptors (Lipinski definition) is 7. The van der Waals surface area contributed by atoms with Gasteiger partial charge in [0.25, 0.3) is 5.22 Å². The Hall–Kier alpha value is -2.92. The fourth-order valence-electron chi connectivity index (χ4n) is 2.35. The SMILES string of the molecule is CCSc1nc2ccc(-n3cc(C#N)c(N)c3C(=O)OC)cc2o1. The molecular formula is C16H14N4O3S. The molecule has 24 heavy (non-hydrogen) atoms. The van der Waals surface area contributed by atoms with Crippen LogP contribution in [0.1, 0.15) is 23.0 Å². The van der Waals surface area contributed by atoms with Crippen molar-refractivity contribution in [3.63, 3.8) is 0 Å². The van der Waals surface area contributed by atoms with Gasteiger partial charge in [-0.25, -0.2) is 9.78 Å². The van der Waals surface area contributed by atoms with Crippen LogP contribution in [-0.2, 0) is 4.74 Å². The molecule has 8 heteroatoms. The lowest BCUT2D eigenvalue weighted by atomic mass is 10.2. The van der Waals surface area contributed by atoms with Gasteiger partial charge in [-0.1, -0.05) is 18.7 Å². The van der Waals surface area contributed by atoms with Crippen LogP contribution in [-0.4, -0.2) is 28.4 Å². The zero-order chi connectivity index (χ0) is 17.3. The number of hydrogen-bond donors (Lipinski definition) is 1. The summed E-state index contributed by atoms with van der Waals surface area (Å²) in [5.41, 5.74) is 8.23. The lowest BCUT2D eigenvalue weighted by Gasteiger charge is -2.08. The molecule has 0 bridgehead atoms. The summed E-state index contributed by atoms with van der Waals surface area (Å²) in [7, 11) is 1.26. The van der Waals surface area contributed by atoms with Crippen LogP contribution < -0.4 is 5.73 Å². The summed E-state index contributed by atoms with van der Waals surface area (Å²) >= 11 is 1.50. The summed E-state index contributed by atoms with van der Waals surface area (Å²) < 4.78 is 12.0. The summed E-state index contributed by atoms with van der Waals surface area (Å²) in [5.74, 6) is 0.236. The predicted octanol–water partition coefficient (Wildman–Crippen LogP) is 2.97. The number of fused-ring (bicyclic) bond motifs is 1. The molecule has 0 radical (unpaired) electrons. The molecule has 0 saturated heterocycles. The van der Waals surface area contributed by atoms with Gasteiger partial charge in [0, 0.05) is 18.0 Å². The second kappa shape index (κ2) is 6.29. The number of nitrogens with zero attached hydrogens (tertiary/aromatic N) is 3. The molecular weight excluding hydrogens is 328 g/mol. The Morgan fingerprint density at radius 1 is 1.54 bits per heavy atom. The van der Waals surface area contributed by atoms with Crippen molar-refractivity contribution < 1.29 is 13.9 Å². The Morgan fingerprint density at radius 3 is 3.00 bits per heavy atom. The molecule has 2 aromatic heterocycles. The minimum absolute atomic E-state index is 0.0873. The highest BCUT2D eigenvalue weighted by Gasteiger charge is 2.22. The highest BCUT2D eigenvalue weighted by Crippen LogP contribution is 2.28. The molecule has 0 saturated carbocycles. The first kappa shape index (κ1) is 16.0. The number of aromatic nitrogens is 2. The number of anilines is 1. The fourth-order valence-corrected chi connectivity index (χ4v) is 2.90. The average molecular weight is 342 g/mol. The molecule has 0 aliphatic heterocycles. The third-order valence-corrected chi connectivity index (χ3v) is 4.15. The Balaban J connectivity index is 2.16. The van der Waals surface area contributed by atoms with Crippen molar-refractivity contribution in [1.29, 1.82) is 5.26 Å². The highest BCUT2D eigenvalue weighted by atomic mass is 32.2. The van der Waals surface area contributed by atoms with E-state index in [4.69, 9.17) is 20.1 Å². The van der Waals surface area contributed by atoms with Crippen molar-refractivity contribution in [2.24, 2.45) is 0 Å². The maximum Gasteiger partial charge on any atom is 0.357 e. The Labute approximate surface area is 142 Å². The van der Waals surface area contributed by atoms with E-state index < -0.39 is 5.97 Å². The minimum Gasteiger partial charge on any atom is -0.464 e. The maximum absolute atomic E-state index is 12.0. The van der Waals surface area contributed by atoms with Gasteiger partial charge >= 0.3 is 5.97 Å². The third-order valence-electron chi connectivity index (χ3n) is 3.44. The largest absolute Gasteiger partial charge is 0.464 e. The molecule has 0 unspecified atom stereocenters. The smallest absolute Gasteiger partial charge is 0.357 e. The molecule has 0 fully saturated rings. The molecule has 0 aliphatic carbocycles. The summed E-state index contributed by atoms with van der Waals surface area (Å²) in [6.45, 7) is 2.01. The van der Waals surface area contributed by atoms with Crippen LogP contribution >= 0.6 is 11.8 Å². The van der Waals surface area contributed by atoms with E-state index in [2.05, 4.69) is 4.98 Å². The van der Waals surface area contributed by atoms with Crippen LogP contribution in [0.3, 0.4) is 0 Å². The number of oxazole rings is 1. The normalized spacial score (nSPS) is 10.7. The van der Waals surface area contributed by atoms with Gasteiger partial charge in [0.05, 0.1) is 18.4 Å². The molecule has 0 atom stereocenters. The average Bonchev–Trinajstić information content (AvgIpc) is 3.13. The van der Waals surface area contributed by atoms with Crippen LogP contribution in [0.5, 0.6) is 0 Å². The van der Waals surface area contributed by atoms with Gasteiger partial charge in [-0.3, -0.25) is 0 Å². The number of esters is 1. The van der Waals surface area contributed by atoms with E-state index >= 15 is 0 Å². The van der Waals surface area contributed by atoms with E-state index in [1.54, 1.807) is 18.2 Å². The number of nitrogens with two attached hydrogens (primary N) is 1. The van der Waals surface area contributed by atoms with Crippen LogP contribution in [0, 0.1) is 11.3 Å². The Bertz CT molecular complexity index is 968. The van der Waals surface area contributed by atoms with Crippen molar-refractivity contribution in [2.75, 3.05) is 18.6 Å². The van der Waals surface area contributed by atoms with E-state index in [1.165, 1.54) is 29.6 Å². The number of benzene rings is 1. The Kier molecular flexibility index (Phi) is 4.18. The number of nitriles is 1. The zero-order valence-electron chi connectivity index (χ0n) is 13.1. The summed E-state index contributed by atoms with van der Waals surface area (Å²) in [6.07, 6.45) is 1.50. The molecule has 3 rings (SSSR count). The number of carbonyl (C=O) groups excluding carboxylic acids is 1. The van der Waals surface area contributed by atoms with Gasteiger partial charge in [0.1, 0.15) is 11.6 Å². The lowest BCUT2D eigenvalue weighted by molar-refractivity contribution is 0.0593. The number of ether oxygens (including phenoxy) is 1. The standard InChI is InChI=1S/C16H14N4O3S/c1-3-24-16-19-11-5-4-10(6-12(11)23-16)20-8-9(7-17)13(18)14(20)15(21)22-2/h4-6,8H,3,18H2,1-2H3. The summed E-state index contributed by atoms with van der Waals surface area (Å²) in [4.78, 5) is 16.4. The van der Waals surface area contributed by atoms with Crippen LogP contribution in [0.15, 0.2) is 34.0 Å². The zero-order valence-corrected chi connectivity index (χ0v) is 13.9. The van der Waals surface area contributed by atoms with Crippen LogP contribution in [0.25, 0.3) is 16.8 Å². The molecule has 0 amide bonds. The third kappa shape index (κ3) is 2.59. The van der Waals surface area contributed by atoms with E-state index in [9.17, 15) is 4.79 Å². The van der Waals surface area contributed by atoms with E-state index in [0.717, 1.165) is 11.3 Å². The van der Waals surface area contributed by atoms with Crippen LogP contribution in [0.4, 0.5) is 5.69 Å². The van der Waals surface area contributed by atoms with Crippen molar-refractivity contribution in [1.82, 2.24) is 9.55 Å². The quantitative estimate of drug-likeness (QED) is 0.573. The lowest BCUT2D eigenvalue weighted by Crippen LogP contribution is -2.11. The maximum atomic E-state index is 12.0. The van der Waals surface area contributed by atoms with Gasteiger partial charge in [-0.05, 0) is 17.9 Å². The molecule has 1 aromatic carbocycles. The fraction of sp³-hybridized carbons (Fsp3) is 0.188. The van der Waals surface area contributed by atoms with Crippen LogP contribution in [0.2, 0.25) is 0 Å². The molecule has 0 spiro atoms. The molecule has 3 aromatic rings. The monoisotopic (exact) mass is 342 g/mol. The number of thioether (sulfide) groups is 1. The van der Waals surface area contributed by atoms with Crippen molar-refractivity contribution in [3.05, 3.63) is 35.7 Å². The van der Waals surface area contributed by atoms with Gasteiger partial charge < -0.3 is 19.5 Å². The predicted molar refractivity (Wildman–Crippen MR) is 90.2 cm³/mol. The second-order valence-corrected chi connectivity index (χ2v) is 6.06. The topological polar surface area (TPSA) is 107 Å². The minimum atomic E-state index is -0.617. The first-order valence-corrected chi connectivity index (χ1v) is 8.10. The number of rotatable bonds is 4. The molecule has 7 nitrogen and oxygen atoms in total. The molecule has 0 aliphatic rings. The molecule has 2 N–H and O–H groups in total. The van der Waals surface area contributed by atoms with Gasteiger partial charge in [-0.15, -0.1) is 0 Å². The van der Waals surface area contributed by atoms with E-state index in [-0.39, 0.29) is 16.9 Å². The first-order valence-electron chi connectivity index (χ1n) is 7.12. The number of methoxy groups -OCH3 is 1. The van der Waals surface area contributed by atoms with Gasteiger partial charge in [-0.2, -0.15) is 5.26 Å². The summed E-state index contributed by atoms with van der Waals surface area (Å²) in [6, 6.07) is 7.28. The van der Waals surface area contributed by atoms with Crippen molar-refractivity contribution in [2.45, 2.75) is 12.1 Å². The van der Waals surface area contributed by atoms with E-state index in [1.807, 2.05) is 13.0 Å². The van der Waals surface area contributed by atoms with E-state index in [0.29, 0.717) is 16.5 Å². The second-order valence-electron chi connectivity index (χ2n) is 4.84. The molecule has 2 heterocycles. The first-order chi connectivity index (χ1) is 11.6. The number of nitrogen functional groups attached to an aromatic ring is 1. The van der Waals surface area contributed by atoms with Crippen molar-refractivity contribution >= 4 is 34.5 Å². The van der Waals surface area contributed by atoms with Gasteiger partial charge in [0.15, 0.2) is 11.3 Å². The van der Waals surface area contributed by atoms with Crippen molar-refractivity contribution in [3.8, 4) is 11.8 Å². The summed E-state index contributed by atoms with van der Waals surface area (Å²) in [5, 5.41) is 9.75. The Morgan fingerprint density at radius 2 is 2.33 bits per heavy atom. The molecule has 122 valence electrons.